The summed E-state index contributed by atoms with van der Waals surface area (Å²) in [5.74, 6) is 0.140. The number of hydrogen-bond acceptors (Lipinski definition) is 6. The average molecular weight is 388 g/mol. The Bertz CT molecular complexity index is 591. The van der Waals surface area contributed by atoms with Gasteiger partial charge in [0.05, 0.1) is 12.6 Å². The molecule has 8 nitrogen and oxygen atoms in total. The molecular weight excluding hydrogens is 366 g/mol. The minimum atomic E-state index is -0.524. The minimum absolute atomic E-state index is 0.0636. The third-order valence-electron chi connectivity index (χ3n) is 3.34. The zero-order valence-electron chi connectivity index (χ0n) is 13.8. The number of carbonyl (C=O) groups is 1. The Morgan fingerprint density at radius 3 is 2.87 bits per heavy atom. The largest absolute Gasteiger partial charge is 0.721 e. The maximum atomic E-state index is 12.2. The molecule has 0 spiro atoms. The molecule has 128 valence electrons. The van der Waals surface area contributed by atoms with E-state index in [4.69, 9.17) is 4.74 Å². The quantitative estimate of drug-likeness (QED) is 0.615. The number of hydrogen-bond donors (Lipinski definition) is 1. The number of rotatable bonds is 2. The second-order valence-electron chi connectivity index (χ2n) is 6.59. The van der Waals surface area contributed by atoms with E-state index in [2.05, 4.69) is 31.3 Å². The van der Waals surface area contributed by atoms with E-state index < -0.39 is 5.60 Å². The van der Waals surface area contributed by atoms with E-state index in [1.807, 2.05) is 20.8 Å². The zero-order valence-corrected chi connectivity index (χ0v) is 15.4. The Morgan fingerprint density at radius 1 is 1.52 bits per heavy atom. The van der Waals surface area contributed by atoms with Gasteiger partial charge in [-0.15, -0.1) is 4.85 Å². The van der Waals surface area contributed by atoms with Crippen molar-refractivity contribution >= 4 is 28.0 Å². The highest BCUT2D eigenvalue weighted by Crippen LogP contribution is 2.17. The molecule has 2 rings (SSSR count). The molecule has 0 aromatic carbocycles. The second kappa shape index (κ2) is 6.86. The molecule has 2 heterocycles. The summed E-state index contributed by atoms with van der Waals surface area (Å²) in [5, 5.41) is 18.7. The molecule has 0 bridgehead atoms. The number of likely N-dealkylation sites (tertiary alicyclic amines) is 1. The van der Waals surface area contributed by atoms with Crippen molar-refractivity contribution in [1.82, 2.24) is 15.0 Å². The number of halogens is 1. The van der Waals surface area contributed by atoms with Crippen molar-refractivity contribution in [2.45, 2.75) is 52.2 Å². The van der Waals surface area contributed by atoms with Crippen LogP contribution in [0.5, 0.6) is 0 Å². The Hall–Kier alpha value is -1.64. The predicted octanol–water partition coefficient (Wildman–Crippen LogP) is 1.99. The summed E-state index contributed by atoms with van der Waals surface area (Å²) in [7, 11) is 0. The highest BCUT2D eigenvalue weighted by Gasteiger charge is 2.30. The summed E-state index contributed by atoms with van der Waals surface area (Å²) in [6.45, 7) is 8.39. The topological polar surface area (TPSA) is 94.3 Å². The molecule has 9 heteroatoms. The van der Waals surface area contributed by atoms with Crippen LogP contribution in [0.15, 0.2) is 4.60 Å². The summed E-state index contributed by atoms with van der Waals surface area (Å²) in [4.78, 5) is 18.4. The maximum Gasteiger partial charge on any atom is 0.412 e. The third kappa shape index (κ3) is 4.92. The van der Waals surface area contributed by atoms with Crippen molar-refractivity contribution in [3.8, 4) is 0 Å². The first-order valence-electron chi connectivity index (χ1n) is 7.54. The first kappa shape index (κ1) is 17.7. The fraction of sp³-hybridized carbons (Fsp3) is 0.714. The Balaban J connectivity index is 2.02. The second-order valence-corrected chi connectivity index (χ2v) is 7.35. The molecule has 23 heavy (non-hydrogen) atoms. The first-order chi connectivity index (χ1) is 10.7. The highest BCUT2D eigenvalue weighted by atomic mass is 79.9. The van der Waals surface area contributed by atoms with E-state index in [-0.39, 0.29) is 18.1 Å². The van der Waals surface area contributed by atoms with Crippen LogP contribution < -0.4 is 10.2 Å². The van der Waals surface area contributed by atoms with E-state index in [0.29, 0.717) is 28.2 Å². The van der Waals surface area contributed by atoms with Gasteiger partial charge in [0, 0.05) is 6.54 Å². The molecule has 0 aliphatic carbocycles. The minimum Gasteiger partial charge on any atom is -0.721 e. The van der Waals surface area contributed by atoms with Gasteiger partial charge in [-0.3, -0.25) is 5.32 Å². The lowest BCUT2D eigenvalue weighted by Crippen LogP contribution is -2.49. The van der Waals surface area contributed by atoms with E-state index in [9.17, 15) is 10.0 Å². The van der Waals surface area contributed by atoms with Gasteiger partial charge in [0.25, 0.3) is 0 Å². The number of piperidine rings is 1. The van der Waals surface area contributed by atoms with Crippen LogP contribution in [0.1, 0.15) is 39.3 Å². The van der Waals surface area contributed by atoms with E-state index in [0.717, 1.165) is 12.8 Å². The fourth-order valence-electron chi connectivity index (χ4n) is 2.30. The fourth-order valence-corrected chi connectivity index (χ4v) is 2.54. The molecule has 1 saturated heterocycles. The number of anilines is 1. The Morgan fingerprint density at radius 2 is 2.22 bits per heavy atom. The van der Waals surface area contributed by atoms with Crippen LogP contribution in [-0.2, 0) is 4.74 Å². The van der Waals surface area contributed by atoms with Crippen molar-refractivity contribution in [3.63, 3.8) is 0 Å². The molecule has 0 unspecified atom stereocenters. The molecule has 0 saturated carbocycles. The van der Waals surface area contributed by atoms with Crippen LogP contribution in [0.4, 0.5) is 10.7 Å². The van der Waals surface area contributed by atoms with Crippen molar-refractivity contribution in [2.75, 3.05) is 18.4 Å². The number of carbonyl (C=O) groups excluding carboxylic acids is 1. The molecule has 1 N–H and O–H groups in total. The number of aryl methyl sites for hydroxylation is 1. The van der Waals surface area contributed by atoms with Gasteiger partial charge < -0.3 is 14.8 Å². The van der Waals surface area contributed by atoms with Crippen molar-refractivity contribution in [2.24, 2.45) is 0 Å². The van der Waals surface area contributed by atoms with Gasteiger partial charge in [0.15, 0.2) is 10.3 Å². The van der Waals surface area contributed by atoms with E-state index >= 15 is 0 Å². The maximum absolute atomic E-state index is 12.2. The smallest absolute Gasteiger partial charge is 0.412 e. The summed E-state index contributed by atoms with van der Waals surface area (Å²) >= 11 is 3.17. The van der Waals surface area contributed by atoms with Crippen LogP contribution in [0.25, 0.3) is 0 Å². The summed E-state index contributed by atoms with van der Waals surface area (Å²) in [6.07, 6.45) is 1.34. The summed E-state index contributed by atoms with van der Waals surface area (Å²) in [6, 6.07) is -0.0636. The van der Waals surface area contributed by atoms with Crippen LogP contribution in [0.2, 0.25) is 0 Å². The van der Waals surface area contributed by atoms with Gasteiger partial charge in [0.2, 0.25) is 0 Å². The van der Waals surface area contributed by atoms with Gasteiger partial charge in [-0.05, 0) is 56.5 Å². The number of amides is 1. The summed E-state index contributed by atoms with van der Waals surface area (Å²) in [5.41, 5.74) is 0.100. The Labute approximate surface area is 143 Å². The van der Waals surface area contributed by atoms with Crippen molar-refractivity contribution in [1.29, 1.82) is 0 Å². The average Bonchev–Trinajstić information content (AvgIpc) is 2.43. The third-order valence-corrected chi connectivity index (χ3v) is 4.07. The molecule has 1 aromatic heterocycles. The number of nitrogens with one attached hydrogen (secondary N) is 1. The van der Waals surface area contributed by atoms with Crippen LogP contribution in [0, 0.1) is 12.1 Å². The van der Waals surface area contributed by atoms with Crippen molar-refractivity contribution < 1.29 is 14.4 Å². The molecule has 1 aliphatic rings. The summed E-state index contributed by atoms with van der Waals surface area (Å²) < 4.78 is 5.81. The molecule has 0 radical (unpaired) electrons. The van der Waals surface area contributed by atoms with Crippen molar-refractivity contribution in [3.05, 3.63) is 15.5 Å². The molecule has 1 aromatic rings. The van der Waals surface area contributed by atoms with Crippen LogP contribution in [0.3, 0.4) is 0 Å². The number of ether oxygens (including phenoxy) is 1. The van der Waals surface area contributed by atoms with Gasteiger partial charge >= 0.3 is 12.0 Å². The molecule has 1 aliphatic heterocycles. The lowest BCUT2D eigenvalue weighted by molar-refractivity contribution is -0.659. The number of aromatic nitrogens is 3. The zero-order chi connectivity index (χ0) is 17.2. The molecule has 1 fully saturated rings. The Kier molecular flexibility index (Phi) is 5.28. The lowest BCUT2D eigenvalue weighted by Gasteiger charge is -2.33. The predicted molar refractivity (Wildman–Crippen MR) is 87.9 cm³/mol. The van der Waals surface area contributed by atoms with Crippen LogP contribution in [-0.4, -0.2) is 45.8 Å². The molecule has 1 amide bonds. The first-order valence-corrected chi connectivity index (χ1v) is 8.33. The van der Waals surface area contributed by atoms with Gasteiger partial charge in [0.1, 0.15) is 5.60 Å². The normalized spacial score (nSPS) is 18.7. The van der Waals surface area contributed by atoms with E-state index in [1.54, 1.807) is 11.8 Å². The van der Waals surface area contributed by atoms with Crippen LogP contribution >= 0.6 is 15.9 Å². The lowest BCUT2D eigenvalue weighted by atomic mass is 10.1. The highest BCUT2D eigenvalue weighted by molar-refractivity contribution is 9.10. The van der Waals surface area contributed by atoms with E-state index in [1.165, 1.54) is 0 Å². The molecule has 1 atom stereocenters. The SMILES string of the molecule is Cc1nc(N[C@@H]2CCCN(C(=O)OC(C)(C)C)C2)[n+]([O-])nc1Br. The van der Waals surface area contributed by atoms with Gasteiger partial charge in [-0.1, -0.05) is 10.1 Å². The van der Waals surface area contributed by atoms with Gasteiger partial charge in [-0.25, -0.2) is 4.79 Å². The monoisotopic (exact) mass is 387 g/mol. The molecular formula is C14H22BrN5O3. The number of nitrogens with zero attached hydrogens (tertiary/aromatic N) is 4. The van der Waals surface area contributed by atoms with Gasteiger partial charge in [-0.2, -0.15) is 0 Å². The standard InChI is InChI=1S/C14H22BrN5O3/c1-9-11(15)18-20(22)12(16-9)17-10-6-5-7-19(8-10)13(21)23-14(2,3)4/h10H,5-8H2,1-4H3,(H,16,17)/t10-/m1/s1.